The first-order valence-corrected chi connectivity index (χ1v) is 9.52. The Morgan fingerprint density at radius 1 is 1.11 bits per heavy atom. The van der Waals surface area contributed by atoms with Gasteiger partial charge in [0.1, 0.15) is 17.1 Å². The highest BCUT2D eigenvalue weighted by molar-refractivity contribution is 6.11. The van der Waals surface area contributed by atoms with Crippen molar-refractivity contribution in [2.24, 2.45) is 0 Å². The van der Waals surface area contributed by atoms with Gasteiger partial charge in [-0.05, 0) is 57.7 Å². The van der Waals surface area contributed by atoms with Crippen LogP contribution in [0.5, 0.6) is 5.75 Å². The van der Waals surface area contributed by atoms with E-state index in [1.165, 1.54) is 25.0 Å². The average Bonchev–Trinajstić information content (AvgIpc) is 3.16. The summed E-state index contributed by atoms with van der Waals surface area (Å²) in [4.78, 5) is 21.7. The summed E-state index contributed by atoms with van der Waals surface area (Å²) >= 11 is 0. The molecule has 1 fully saturated rings. The number of carbonyl (C=O) groups is 1. The van der Waals surface area contributed by atoms with E-state index in [2.05, 4.69) is 15.3 Å². The summed E-state index contributed by atoms with van der Waals surface area (Å²) in [6.07, 6.45) is 4.73. The van der Waals surface area contributed by atoms with Crippen molar-refractivity contribution in [2.45, 2.75) is 45.6 Å². The Kier molecular flexibility index (Phi) is 4.94. The number of amides is 1. The first-order chi connectivity index (χ1) is 13.5. The molecule has 2 aromatic carbocycles. The third kappa shape index (κ3) is 3.81. The third-order valence-electron chi connectivity index (χ3n) is 5.09. The van der Waals surface area contributed by atoms with Gasteiger partial charge in [0.2, 0.25) is 0 Å². The fourth-order valence-corrected chi connectivity index (χ4v) is 3.52. The van der Waals surface area contributed by atoms with Crippen LogP contribution in [0.4, 0.5) is 10.1 Å². The van der Waals surface area contributed by atoms with Crippen LogP contribution in [0.1, 0.15) is 47.4 Å². The van der Waals surface area contributed by atoms with Crippen molar-refractivity contribution in [1.82, 2.24) is 9.97 Å². The molecule has 1 N–H and O–H groups in total. The molecule has 0 bridgehead atoms. The number of benzene rings is 2. The van der Waals surface area contributed by atoms with E-state index in [9.17, 15) is 9.18 Å². The van der Waals surface area contributed by atoms with E-state index < -0.39 is 11.7 Å². The molecule has 28 heavy (non-hydrogen) atoms. The number of nitrogens with zero attached hydrogens (tertiary/aromatic N) is 2. The zero-order valence-electron chi connectivity index (χ0n) is 16.0. The molecule has 0 atom stereocenters. The number of rotatable bonds is 4. The number of halogens is 1. The minimum absolute atomic E-state index is 0.160. The van der Waals surface area contributed by atoms with Crippen molar-refractivity contribution in [1.29, 1.82) is 0 Å². The van der Waals surface area contributed by atoms with Gasteiger partial charge in [0.05, 0.1) is 28.6 Å². The van der Waals surface area contributed by atoms with Gasteiger partial charge in [-0.2, -0.15) is 0 Å². The van der Waals surface area contributed by atoms with E-state index in [-0.39, 0.29) is 11.7 Å². The van der Waals surface area contributed by atoms with Crippen LogP contribution in [0.3, 0.4) is 0 Å². The Morgan fingerprint density at radius 3 is 2.64 bits per heavy atom. The molecule has 0 aliphatic heterocycles. The van der Waals surface area contributed by atoms with Crippen molar-refractivity contribution in [3.63, 3.8) is 0 Å². The minimum atomic E-state index is -0.520. The Morgan fingerprint density at radius 2 is 1.86 bits per heavy atom. The van der Waals surface area contributed by atoms with E-state index >= 15 is 0 Å². The lowest BCUT2D eigenvalue weighted by atomic mass is 10.1. The number of carbonyl (C=O) groups excluding carboxylic acids is 1. The third-order valence-corrected chi connectivity index (χ3v) is 5.09. The zero-order chi connectivity index (χ0) is 19.7. The number of anilines is 1. The monoisotopic (exact) mass is 379 g/mol. The summed E-state index contributed by atoms with van der Waals surface area (Å²) < 4.78 is 20.0. The van der Waals surface area contributed by atoms with E-state index in [0.29, 0.717) is 28.1 Å². The SMILES string of the molecule is Cc1nc2cc(F)cc(C(=O)Nc3cccc(OC4CCCC4)c3)c2nc1C. The second kappa shape index (κ2) is 7.54. The topological polar surface area (TPSA) is 64.1 Å². The number of ether oxygens (including phenoxy) is 1. The molecule has 3 aromatic rings. The number of nitrogens with one attached hydrogen (secondary N) is 1. The summed E-state index contributed by atoms with van der Waals surface area (Å²) in [6.45, 7) is 3.62. The minimum Gasteiger partial charge on any atom is -0.490 e. The highest BCUT2D eigenvalue weighted by Crippen LogP contribution is 2.26. The largest absolute Gasteiger partial charge is 0.490 e. The molecule has 0 saturated heterocycles. The summed E-state index contributed by atoms with van der Waals surface area (Å²) in [5.41, 5.74) is 2.93. The molecule has 4 rings (SSSR count). The van der Waals surface area contributed by atoms with Crippen LogP contribution in [0.2, 0.25) is 0 Å². The number of hydrogen-bond donors (Lipinski definition) is 1. The second-order valence-electron chi connectivity index (χ2n) is 7.22. The normalized spacial score (nSPS) is 14.4. The van der Waals surface area contributed by atoms with Gasteiger partial charge in [-0.3, -0.25) is 4.79 Å². The Bertz CT molecular complexity index is 1050. The maximum absolute atomic E-state index is 14.1. The molecule has 1 aliphatic rings. The molecule has 144 valence electrons. The fourth-order valence-electron chi connectivity index (χ4n) is 3.52. The number of aryl methyl sites for hydroxylation is 2. The fraction of sp³-hybridized carbons (Fsp3) is 0.318. The second-order valence-corrected chi connectivity index (χ2v) is 7.22. The zero-order valence-corrected chi connectivity index (χ0v) is 16.0. The highest BCUT2D eigenvalue weighted by Gasteiger charge is 2.18. The van der Waals surface area contributed by atoms with Gasteiger partial charge in [0.25, 0.3) is 5.91 Å². The lowest BCUT2D eigenvalue weighted by Gasteiger charge is -2.14. The summed E-state index contributed by atoms with van der Waals surface area (Å²) in [5, 5.41) is 2.82. The van der Waals surface area contributed by atoms with Crippen LogP contribution < -0.4 is 10.1 Å². The molecular weight excluding hydrogens is 357 g/mol. The van der Waals surface area contributed by atoms with Gasteiger partial charge in [0, 0.05) is 17.8 Å². The maximum Gasteiger partial charge on any atom is 0.258 e. The van der Waals surface area contributed by atoms with E-state index in [1.807, 2.05) is 26.0 Å². The Balaban J connectivity index is 1.61. The van der Waals surface area contributed by atoms with E-state index in [4.69, 9.17) is 4.74 Å². The van der Waals surface area contributed by atoms with Crippen molar-refractivity contribution < 1.29 is 13.9 Å². The molecule has 1 heterocycles. The van der Waals surface area contributed by atoms with Crippen molar-refractivity contribution in [2.75, 3.05) is 5.32 Å². The van der Waals surface area contributed by atoms with Gasteiger partial charge >= 0.3 is 0 Å². The van der Waals surface area contributed by atoms with E-state index in [1.54, 1.807) is 12.1 Å². The average molecular weight is 379 g/mol. The number of aromatic nitrogens is 2. The van der Waals surface area contributed by atoms with Crippen LogP contribution in [-0.4, -0.2) is 22.0 Å². The van der Waals surface area contributed by atoms with Crippen LogP contribution in [0, 0.1) is 19.7 Å². The lowest BCUT2D eigenvalue weighted by molar-refractivity contribution is 0.102. The first-order valence-electron chi connectivity index (χ1n) is 9.52. The summed E-state index contributed by atoms with van der Waals surface area (Å²) in [7, 11) is 0. The quantitative estimate of drug-likeness (QED) is 0.696. The van der Waals surface area contributed by atoms with Crippen LogP contribution in [0.15, 0.2) is 36.4 Å². The molecule has 0 radical (unpaired) electrons. The molecule has 1 amide bonds. The number of fused-ring (bicyclic) bond motifs is 1. The molecule has 0 unspecified atom stereocenters. The van der Waals surface area contributed by atoms with Crippen LogP contribution >= 0.6 is 0 Å². The van der Waals surface area contributed by atoms with Crippen LogP contribution in [0.25, 0.3) is 11.0 Å². The summed E-state index contributed by atoms with van der Waals surface area (Å²) in [6, 6.07) is 9.77. The molecule has 0 spiro atoms. The maximum atomic E-state index is 14.1. The summed E-state index contributed by atoms with van der Waals surface area (Å²) in [5.74, 6) is -0.228. The predicted molar refractivity (Wildman–Crippen MR) is 106 cm³/mol. The lowest BCUT2D eigenvalue weighted by Crippen LogP contribution is -2.15. The number of hydrogen-bond acceptors (Lipinski definition) is 4. The van der Waals surface area contributed by atoms with Crippen LogP contribution in [-0.2, 0) is 0 Å². The Hall–Kier alpha value is -3.02. The van der Waals surface area contributed by atoms with Crippen molar-refractivity contribution in [3.05, 3.63) is 59.2 Å². The molecule has 5 nitrogen and oxygen atoms in total. The smallest absolute Gasteiger partial charge is 0.258 e. The van der Waals surface area contributed by atoms with Gasteiger partial charge in [0.15, 0.2) is 0 Å². The van der Waals surface area contributed by atoms with Gasteiger partial charge in [-0.25, -0.2) is 14.4 Å². The molecular formula is C22H22FN3O2. The van der Waals surface area contributed by atoms with Crippen molar-refractivity contribution in [3.8, 4) is 5.75 Å². The highest BCUT2D eigenvalue weighted by atomic mass is 19.1. The van der Waals surface area contributed by atoms with E-state index in [0.717, 1.165) is 18.6 Å². The first kappa shape index (κ1) is 18.3. The van der Waals surface area contributed by atoms with Gasteiger partial charge < -0.3 is 10.1 Å². The Labute approximate surface area is 163 Å². The standard InChI is InChI=1S/C22H22FN3O2/c1-13-14(2)25-21-19(10-15(23)11-20(21)24-13)22(27)26-16-6-5-9-18(12-16)28-17-7-3-4-8-17/h5-6,9-12,17H,3-4,7-8H2,1-2H3,(H,26,27). The van der Waals surface area contributed by atoms with Crippen molar-refractivity contribution >= 4 is 22.6 Å². The molecule has 1 aliphatic carbocycles. The molecule has 6 heteroatoms. The molecule has 1 aromatic heterocycles. The van der Waals surface area contributed by atoms with Gasteiger partial charge in [-0.1, -0.05) is 6.07 Å². The molecule has 1 saturated carbocycles. The predicted octanol–water partition coefficient (Wildman–Crippen LogP) is 4.96. The van der Waals surface area contributed by atoms with Gasteiger partial charge in [-0.15, -0.1) is 0 Å².